The third-order valence-corrected chi connectivity index (χ3v) is 7.20. The highest BCUT2D eigenvalue weighted by Gasteiger charge is 2.20. The van der Waals surface area contributed by atoms with E-state index in [4.69, 9.17) is 0 Å². The van der Waals surface area contributed by atoms with Crippen LogP contribution in [0.4, 0.5) is 5.69 Å². The van der Waals surface area contributed by atoms with Crippen molar-refractivity contribution < 1.29 is 13.2 Å². The molecule has 0 saturated heterocycles. The molecule has 0 spiro atoms. The summed E-state index contributed by atoms with van der Waals surface area (Å²) < 4.78 is 29.3. The molecular formula is C25H18N6O5S. The van der Waals surface area contributed by atoms with Crippen LogP contribution >= 0.6 is 0 Å². The Morgan fingerprint density at radius 2 is 1.84 bits per heavy atom. The van der Waals surface area contributed by atoms with Crippen LogP contribution in [0.15, 0.2) is 81.3 Å². The number of carbonyl (C=O) groups excluding carboxylic acids is 1. The van der Waals surface area contributed by atoms with Gasteiger partial charge in [-0.2, -0.15) is 9.94 Å². The first-order valence-corrected chi connectivity index (χ1v) is 12.4. The predicted molar refractivity (Wildman–Crippen MR) is 138 cm³/mol. The molecule has 184 valence electrons. The average molecular weight is 515 g/mol. The van der Waals surface area contributed by atoms with Gasteiger partial charge in [-0.15, -0.1) is 0 Å². The van der Waals surface area contributed by atoms with E-state index < -0.39 is 27.2 Å². The smallest absolute Gasteiger partial charge is 0.348 e. The summed E-state index contributed by atoms with van der Waals surface area (Å²) >= 11 is 0. The van der Waals surface area contributed by atoms with Crippen LogP contribution in [0.5, 0.6) is 0 Å². The van der Waals surface area contributed by atoms with Crippen molar-refractivity contribution in [3.05, 3.63) is 104 Å². The summed E-state index contributed by atoms with van der Waals surface area (Å²) in [5.41, 5.74) is 2.72. The van der Waals surface area contributed by atoms with E-state index in [1.165, 1.54) is 30.5 Å². The number of nitriles is 1. The molecule has 0 saturated carbocycles. The Hall–Kier alpha value is -5.15. The molecule has 4 N–H and O–H groups in total. The fraction of sp³-hybridized carbons (Fsp3) is 0.0400. The van der Waals surface area contributed by atoms with Gasteiger partial charge >= 0.3 is 5.69 Å². The second-order valence-corrected chi connectivity index (χ2v) is 9.87. The average Bonchev–Trinajstić information content (AvgIpc) is 3.34. The first-order chi connectivity index (χ1) is 17.7. The van der Waals surface area contributed by atoms with Gasteiger partial charge in [-0.1, -0.05) is 24.3 Å². The molecule has 0 aliphatic carbocycles. The molecule has 0 fully saturated rings. The topological polar surface area (TPSA) is 170 Å². The minimum absolute atomic E-state index is 0.0944. The van der Waals surface area contributed by atoms with Gasteiger partial charge in [-0.25, -0.2) is 13.2 Å². The molecule has 0 atom stereocenters. The number of rotatable bonds is 5. The summed E-state index contributed by atoms with van der Waals surface area (Å²) in [5, 5.41) is 10.1. The molecule has 0 radical (unpaired) electrons. The summed E-state index contributed by atoms with van der Waals surface area (Å²) in [6.45, 7) is 1.81. The van der Waals surface area contributed by atoms with E-state index >= 15 is 0 Å². The minimum atomic E-state index is -4.16. The largest absolute Gasteiger partial charge is 0.358 e. The number of aromatic amines is 2. The Kier molecular flexibility index (Phi) is 5.62. The number of H-pyrrole nitrogens is 2. The highest BCUT2D eigenvalue weighted by molar-refractivity contribution is 7.92. The van der Waals surface area contributed by atoms with E-state index in [1.54, 1.807) is 30.3 Å². The summed E-state index contributed by atoms with van der Waals surface area (Å²) in [4.78, 5) is 43.1. The number of hydrogen-bond acceptors (Lipinski definition) is 6. The van der Waals surface area contributed by atoms with Gasteiger partial charge in [-0.05, 0) is 48.9 Å². The van der Waals surface area contributed by atoms with Crippen LogP contribution in [0, 0.1) is 18.3 Å². The van der Waals surface area contributed by atoms with E-state index in [0.29, 0.717) is 26.7 Å². The standard InChI is InChI=1S/C25H18N6O5S/c1-14-9-10-20(22-21(14)16(12-26)13-27-22)30-37(35,36)17-6-4-5-15(11-17)23(32)29-31-24(33)18-7-2-3-8-19(18)28-25(31)34/h2-11,13,27,30H,1H3,(H,28,34)(H,29,32). The molecule has 0 aliphatic rings. The zero-order chi connectivity index (χ0) is 26.3. The monoisotopic (exact) mass is 514 g/mol. The lowest BCUT2D eigenvalue weighted by Gasteiger charge is -2.12. The lowest BCUT2D eigenvalue weighted by atomic mass is 10.1. The van der Waals surface area contributed by atoms with Crippen molar-refractivity contribution in [2.45, 2.75) is 11.8 Å². The fourth-order valence-corrected chi connectivity index (χ4v) is 5.15. The Bertz CT molecular complexity index is 2000. The number of fused-ring (bicyclic) bond motifs is 2. The van der Waals surface area contributed by atoms with Crippen LogP contribution in [0.1, 0.15) is 21.5 Å². The van der Waals surface area contributed by atoms with Crippen LogP contribution < -0.4 is 21.4 Å². The molecule has 3 aromatic carbocycles. The zero-order valence-electron chi connectivity index (χ0n) is 19.2. The van der Waals surface area contributed by atoms with E-state index in [9.17, 15) is 28.1 Å². The highest BCUT2D eigenvalue weighted by atomic mass is 32.2. The van der Waals surface area contributed by atoms with E-state index in [-0.39, 0.29) is 21.5 Å². The molecule has 1 amide bonds. The second kappa shape index (κ2) is 8.81. The number of nitrogens with one attached hydrogen (secondary N) is 4. The molecule has 5 rings (SSSR count). The van der Waals surface area contributed by atoms with Crippen LogP contribution in [-0.2, 0) is 10.0 Å². The predicted octanol–water partition coefficient (Wildman–Crippen LogP) is 2.54. The van der Waals surface area contributed by atoms with Gasteiger partial charge in [0.05, 0.1) is 32.6 Å². The number of nitrogens with zero attached hydrogens (tertiary/aromatic N) is 2. The number of carbonyl (C=O) groups is 1. The lowest BCUT2D eigenvalue weighted by Crippen LogP contribution is -2.43. The number of amides is 1. The Morgan fingerprint density at radius 1 is 1.05 bits per heavy atom. The van der Waals surface area contributed by atoms with E-state index in [0.717, 1.165) is 11.6 Å². The quantitative estimate of drug-likeness (QED) is 0.281. The number of anilines is 1. The van der Waals surface area contributed by atoms with Crippen molar-refractivity contribution in [3.63, 3.8) is 0 Å². The second-order valence-electron chi connectivity index (χ2n) is 8.18. The number of benzene rings is 3. The normalized spacial score (nSPS) is 11.4. The third-order valence-electron chi connectivity index (χ3n) is 5.83. The van der Waals surface area contributed by atoms with Crippen molar-refractivity contribution in [2.24, 2.45) is 0 Å². The maximum absolute atomic E-state index is 13.2. The van der Waals surface area contributed by atoms with Crippen LogP contribution in [0.25, 0.3) is 21.8 Å². The Balaban J connectivity index is 1.47. The van der Waals surface area contributed by atoms with Gasteiger partial charge in [0, 0.05) is 17.1 Å². The first-order valence-electron chi connectivity index (χ1n) is 10.9. The summed E-state index contributed by atoms with van der Waals surface area (Å²) in [6.07, 6.45) is 1.50. The first kappa shape index (κ1) is 23.6. The lowest BCUT2D eigenvalue weighted by molar-refractivity contribution is 0.101. The zero-order valence-corrected chi connectivity index (χ0v) is 20.0. The summed E-state index contributed by atoms with van der Waals surface area (Å²) in [5.74, 6) is -0.860. The fourth-order valence-electron chi connectivity index (χ4n) is 4.03. The van der Waals surface area contributed by atoms with Gasteiger partial charge in [0.15, 0.2) is 0 Å². The molecule has 0 bridgehead atoms. The molecule has 0 unspecified atom stereocenters. The van der Waals surface area contributed by atoms with Gasteiger partial charge in [0.1, 0.15) is 6.07 Å². The van der Waals surface area contributed by atoms with Gasteiger partial charge in [0.25, 0.3) is 21.5 Å². The summed E-state index contributed by atoms with van der Waals surface area (Å²) in [6, 6.07) is 16.8. The van der Waals surface area contributed by atoms with Crippen molar-refractivity contribution in [1.29, 1.82) is 5.26 Å². The molecule has 2 heterocycles. The highest BCUT2D eigenvalue weighted by Crippen LogP contribution is 2.30. The van der Waals surface area contributed by atoms with E-state index in [2.05, 4.69) is 26.2 Å². The Labute approximate surface area is 209 Å². The maximum Gasteiger partial charge on any atom is 0.348 e. The van der Waals surface area contributed by atoms with Crippen LogP contribution in [0.2, 0.25) is 0 Å². The number of aromatic nitrogens is 3. The molecule has 37 heavy (non-hydrogen) atoms. The molecule has 2 aromatic heterocycles. The number of aryl methyl sites for hydroxylation is 1. The minimum Gasteiger partial charge on any atom is -0.358 e. The van der Waals surface area contributed by atoms with E-state index in [1.807, 2.05) is 6.92 Å². The van der Waals surface area contributed by atoms with Crippen LogP contribution in [0.3, 0.4) is 0 Å². The number of sulfonamides is 1. The molecule has 0 aliphatic heterocycles. The van der Waals surface area contributed by atoms with Crippen molar-refractivity contribution in [2.75, 3.05) is 10.1 Å². The maximum atomic E-state index is 13.2. The van der Waals surface area contributed by atoms with Crippen molar-refractivity contribution in [1.82, 2.24) is 14.6 Å². The van der Waals surface area contributed by atoms with Gasteiger partial charge in [0.2, 0.25) is 0 Å². The summed E-state index contributed by atoms with van der Waals surface area (Å²) in [7, 11) is -4.16. The SMILES string of the molecule is Cc1ccc(NS(=O)(=O)c2cccc(C(=O)Nn3c(=O)[nH]c4ccccc4c3=O)c2)c2[nH]cc(C#N)c12. The molecular weight excluding hydrogens is 496 g/mol. The number of hydrogen-bond donors (Lipinski definition) is 4. The molecule has 5 aromatic rings. The third kappa shape index (κ3) is 4.13. The Morgan fingerprint density at radius 3 is 2.62 bits per heavy atom. The van der Waals surface area contributed by atoms with Gasteiger partial charge < -0.3 is 9.97 Å². The number of para-hydroxylation sites is 1. The van der Waals surface area contributed by atoms with Crippen molar-refractivity contribution in [3.8, 4) is 6.07 Å². The molecule has 11 nitrogen and oxygen atoms in total. The van der Waals surface area contributed by atoms with Gasteiger partial charge in [-0.3, -0.25) is 19.7 Å². The van der Waals surface area contributed by atoms with Crippen molar-refractivity contribution >= 4 is 43.4 Å². The van der Waals surface area contributed by atoms with Crippen LogP contribution in [-0.4, -0.2) is 29.0 Å². The molecule has 12 heteroatoms.